The van der Waals surface area contributed by atoms with E-state index in [4.69, 9.17) is 4.74 Å². The third-order valence-corrected chi connectivity index (χ3v) is 6.63. The van der Waals surface area contributed by atoms with Crippen LogP contribution in [0.25, 0.3) is 0 Å². The number of carbonyl (C=O) groups excluding carboxylic acids is 1. The summed E-state index contributed by atoms with van der Waals surface area (Å²) in [5, 5.41) is 24.1. The van der Waals surface area contributed by atoms with Crippen LogP contribution in [0.15, 0.2) is 4.34 Å². The average molecular weight is 407 g/mol. The molecule has 2 aromatic rings. The molecule has 8 nitrogen and oxygen atoms in total. The first-order valence-electron chi connectivity index (χ1n) is 8.68. The molecule has 1 saturated heterocycles. The van der Waals surface area contributed by atoms with Crippen LogP contribution in [0.3, 0.4) is 0 Å². The molecule has 144 valence electrons. The number of amides is 1. The zero-order chi connectivity index (χ0) is 19.4. The van der Waals surface area contributed by atoms with Crippen LogP contribution in [0.4, 0.5) is 10.9 Å². The molecule has 1 aliphatic heterocycles. The molecule has 2 N–H and O–H groups in total. The van der Waals surface area contributed by atoms with Crippen LogP contribution in [0.2, 0.25) is 0 Å². The van der Waals surface area contributed by atoms with Crippen molar-refractivity contribution in [3.63, 3.8) is 0 Å². The molecule has 2 aromatic heterocycles. The van der Waals surface area contributed by atoms with Crippen molar-refractivity contribution in [2.45, 2.75) is 43.7 Å². The van der Waals surface area contributed by atoms with Crippen molar-refractivity contribution in [1.29, 1.82) is 5.26 Å². The molecule has 3 rings (SSSR count). The maximum Gasteiger partial charge on any atom is 0.235 e. The van der Waals surface area contributed by atoms with E-state index >= 15 is 0 Å². The minimum atomic E-state index is -0.177. The van der Waals surface area contributed by atoms with Crippen LogP contribution >= 0.6 is 23.1 Å². The molecule has 1 atom stereocenters. The highest BCUT2D eigenvalue weighted by Crippen LogP contribution is 2.29. The number of ether oxygens (including phenoxy) is 1. The molecule has 0 aromatic carbocycles. The van der Waals surface area contributed by atoms with Crippen LogP contribution in [-0.4, -0.2) is 46.2 Å². The second-order valence-corrected chi connectivity index (χ2v) is 8.45. The molecule has 3 heterocycles. The van der Waals surface area contributed by atoms with Crippen molar-refractivity contribution < 1.29 is 9.53 Å². The number of hydrogen-bond donors (Lipinski definition) is 2. The summed E-state index contributed by atoms with van der Waals surface area (Å²) in [7, 11) is 1.78. The Kier molecular flexibility index (Phi) is 6.36. The minimum Gasteiger partial charge on any atom is -0.376 e. The Bertz CT molecular complexity index is 864. The van der Waals surface area contributed by atoms with E-state index in [9.17, 15) is 10.1 Å². The van der Waals surface area contributed by atoms with E-state index in [0.717, 1.165) is 35.0 Å². The van der Waals surface area contributed by atoms with Gasteiger partial charge < -0.3 is 19.9 Å². The Morgan fingerprint density at radius 3 is 2.93 bits per heavy atom. The van der Waals surface area contributed by atoms with Gasteiger partial charge in [-0.1, -0.05) is 23.1 Å². The van der Waals surface area contributed by atoms with Gasteiger partial charge in [-0.3, -0.25) is 4.79 Å². The molecule has 1 amide bonds. The number of nitriles is 1. The van der Waals surface area contributed by atoms with Gasteiger partial charge in [-0.25, -0.2) is 0 Å². The number of nitrogens with zero attached hydrogens (tertiary/aromatic N) is 4. The lowest BCUT2D eigenvalue weighted by Gasteiger charge is -2.16. The van der Waals surface area contributed by atoms with E-state index in [2.05, 4.69) is 26.9 Å². The summed E-state index contributed by atoms with van der Waals surface area (Å²) in [6.45, 7) is 5.28. The zero-order valence-corrected chi connectivity index (χ0v) is 17.2. The molecular weight excluding hydrogens is 384 g/mol. The van der Waals surface area contributed by atoms with Crippen LogP contribution in [-0.2, 0) is 16.1 Å². The number of anilines is 2. The normalized spacial score (nSPS) is 16.3. The predicted molar refractivity (Wildman–Crippen MR) is 106 cm³/mol. The summed E-state index contributed by atoms with van der Waals surface area (Å²) < 4.78 is 8.45. The zero-order valence-electron chi connectivity index (χ0n) is 15.5. The summed E-state index contributed by atoms with van der Waals surface area (Å²) in [4.78, 5) is 12.5. The van der Waals surface area contributed by atoms with E-state index in [1.165, 1.54) is 23.1 Å². The lowest BCUT2D eigenvalue weighted by molar-refractivity contribution is -0.113. The highest BCUT2D eigenvalue weighted by molar-refractivity contribution is 8.01. The van der Waals surface area contributed by atoms with Gasteiger partial charge in [0.2, 0.25) is 11.0 Å². The van der Waals surface area contributed by atoms with Gasteiger partial charge in [0.1, 0.15) is 11.9 Å². The summed E-state index contributed by atoms with van der Waals surface area (Å²) in [5.74, 6) is 0.581. The van der Waals surface area contributed by atoms with Crippen LogP contribution in [0.5, 0.6) is 0 Å². The number of carbonyl (C=O) groups is 1. The van der Waals surface area contributed by atoms with E-state index in [1.54, 1.807) is 7.05 Å². The quantitative estimate of drug-likeness (QED) is 0.681. The van der Waals surface area contributed by atoms with Crippen molar-refractivity contribution in [1.82, 2.24) is 14.8 Å². The Balaban J connectivity index is 1.72. The molecule has 0 saturated carbocycles. The first kappa shape index (κ1) is 19.7. The first-order chi connectivity index (χ1) is 13.0. The average Bonchev–Trinajstić information content (AvgIpc) is 3.38. The van der Waals surface area contributed by atoms with Gasteiger partial charge in [-0.2, -0.15) is 5.26 Å². The Labute approximate surface area is 166 Å². The fourth-order valence-corrected chi connectivity index (χ4v) is 4.52. The van der Waals surface area contributed by atoms with Crippen LogP contribution < -0.4 is 10.6 Å². The van der Waals surface area contributed by atoms with E-state index in [1.807, 2.05) is 18.4 Å². The third-order valence-electron chi connectivity index (χ3n) is 4.56. The summed E-state index contributed by atoms with van der Waals surface area (Å²) >= 11 is 2.72. The van der Waals surface area contributed by atoms with Gasteiger partial charge in [0.15, 0.2) is 4.34 Å². The topological polar surface area (TPSA) is 105 Å². The molecule has 1 aliphatic rings. The van der Waals surface area contributed by atoms with Crippen LogP contribution in [0.1, 0.15) is 29.7 Å². The first-order valence-corrected chi connectivity index (χ1v) is 10.5. The molecule has 0 radical (unpaired) electrons. The predicted octanol–water partition coefficient (Wildman–Crippen LogP) is 2.78. The van der Waals surface area contributed by atoms with Crippen molar-refractivity contribution in [2.75, 3.05) is 30.0 Å². The molecule has 10 heteroatoms. The van der Waals surface area contributed by atoms with Gasteiger partial charge in [0.05, 0.1) is 24.0 Å². The Morgan fingerprint density at radius 1 is 1.48 bits per heavy atom. The minimum absolute atomic E-state index is 0.119. The van der Waals surface area contributed by atoms with E-state index < -0.39 is 0 Å². The SMILES string of the molecule is CNc1nnc(SCC(=O)Nc2c(C#N)c(C)c(C)n2C[C@H]2CCCO2)s1. The van der Waals surface area contributed by atoms with Gasteiger partial charge in [0.25, 0.3) is 0 Å². The number of thioether (sulfide) groups is 1. The van der Waals surface area contributed by atoms with Crippen molar-refractivity contribution >= 4 is 40.0 Å². The maximum atomic E-state index is 12.5. The lowest BCUT2D eigenvalue weighted by Crippen LogP contribution is -2.22. The van der Waals surface area contributed by atoms with Gasteiger partial charge >= 0.3 is 0 Å². The molecular formula is C17H22N6O2S2. The third kappa shape index (κ3) is 4.43. The standard InChI is InChI=1S/C17H22N6O2S2/c1-10-11(2)23(8-12-5-4-6-25-12)15(13(10)7-18)20-14(24)9-26-17-22-21-16(19-3)27-17/h12H,4-6,8-9H2,1-3H3,(H,19,21)(H,20,24)/t12-/m1/s1. The summed E-state index contributed by atoms with van der Waals surface area (Å²) in [6, 6.07) is 2.23. The van der Waals surface area contributed by atoms with E-state index in [0.29, 0.717) is 23.1 Å². The second kappa shape index (κ2) is 8.73. The molecule has 0 aliphatic carbocycles. The molecule has 0 bridgehead atoms. The number of nitrogens with one attached hydrogen (secondary N) is 2. The second-order valence-electron chi connectivity index (χ2n) is 6.25. The highest BCUT2D eigenvalue weighted by atomic mass is 32.2. The molecule has 1 fully saturated rings. The van der Waals surface area contributed by atoms with E-state index in [-0.39, 0.29) is 17.8 Å². The van der Waals surface area contributed by atoms with Crippen LogP contribution in [0, 0.1) is 25.2 Å². The number of aromatic nitrogens is 3. The maximum absolute atomic E-state index is 12.5. The Morgan fingerprint density at radius 2 is 2.30 bits per heavy atom. The number of rotatable bonds is 7. The summed E-state index contributed by atoms with van der Waals surface area (Å²) in [5.41, 5.74) is 2.38. The Hall–Kier alpha value is -2.09. The van der Waals surface area contributed by atoms with Gasteiger partial charge in [-0.05, 0) is 32.3 Å². The monoisotopic (exact) mass is 406 g/mol. The molecule has 0 unspecified atom stereocenters. The fourth-order valence-electron chi connectivity index (χ4n) is 3.02. The van der Waals surface area contributed by atoms with Crippen molar-refractivity contribution in [3.8, 4) is 6.07 Å². The lowest BCUT2D eigenvalue weighted by atomic mass is 10.2. The molecule has 0 spiro atoms. The largest absolute Gasteiger partial charge is 0.376 e. The number of hydrogen-bond acceptors (Lipinski definition) is 8. The van der Waals surface area contributed by atoms with Gasteiger partial charge in [-0.15, -0.1) is 10.2 Å². The highest BCUT2D eigenvalue weighted by Gasteiger charge is 2.24. The van der Waals surface area contributed by atoms with Crippen molar-refractivity contribution in [3.05, 3.63) is 16.8 Å². The smallest absolute Gasteiger partial charge is 0.235 e. The van der Waals surface area contributed by atoms with Gasteiger partial charge in [0, 0.05) is 19.3 Å². The van der Waals surface area contributed by atoms with Crippen molar-refractivity contribution in [2.24, 2.45) is 0 Å². The fraction of sp³-hybridized carbons (Fsp3) is 0.529. The molecule has 27 heavy (non-hydrogen) atoms. The summed E-state index contributed by atoms with van der Waals surface area (Å²) in [6.07, 6.45) is 2.16.